The molecule has 5 aromatic carbocycles. The number of aliphatic hydroxyl groups excluding tert-OH is 1. The number of hydrogen-bond acceptors (Lipinski definition) is 18. The molecule has 472 valence electrons. The summed E-state index contributed by atoms with van der Waals surface area (Å²) in [6.07, 6.45) is -0.661. The molecule has 5 aliphatic rings. The van der Waals surface area contributed by atoms with E-state index in [2.05, 4.69) is 31.9 Å². The number of amides is 7. The van der Waals surface area contributed by atoms with Gasteiger partial charge in [0.25, 0.3) is 32.1 Å². The number of anilines is 5. The van der Waals surface area contributed by atoms with Crippen molar-refractivity contribution in [3.05, 3.63) is 124 Å². The van der Waals surface area contributed by atoms with E-state index in [0.29, 0.717) is 46.8 Å². The number of methoxy groups -OCH3 is 2. The van der Waals surface area contributed by atoms with Crippen LogP contribution in [0, 0.1) is 0 Å². The van der Waals surface area contributed by atoms with Crippen LogP contribution in [-0.4, -0.2) is 152 Å². The van der Waals surface area contributed by atoms with Crippen LogP contribution in [0.2, 0.25) is 0 Å². The van der Waals surface area contributed by atoms with Crippen LogP contribution in [0.1, 0.15) is 88.9 Å². The highest BCUT2D eigenvalue weighted by atomic mass is 32.2. The van der Waals surface area contributed by atoms with Crippen LogP contribution in [-0.2, 0) is 70.3 Å². The average Bonchev–Trinajstić information content (AvgIpc) is 2.36. The summed E-state index contributed by atoms with van der Waals surface area (Å²) >= 11 is 0. The number of likely N-dealkylation sites (tertiary alicyclic amines) is 1. The molecular formula is C60H67N9O18S2. The third-order valence-corrected chi connectivity index (χ3v) is 18.3. The molecule has 0 aromatic heterocycles. The Balaban J connectivity index is 0.807. The van der Waals surface area contributed by atoms with Crippen molar-refractivity contribution in [1.82, 2.24) is 20.9 Å². The molecule has 5 heterocycles. The third-order valence-electron chi connectivity index (χ3n) is 16.2. The molecule has 7 amide bonds. The fourth-order valence-electron chi connectivity index (χ4n) is 11.7. The largest absolute Gasteiger partial charge is 0.493 e. The number of benzene rings is 5. The molecule has 1 fully saturated rings. The maximum absolute atomic E-state index is 14.4. The first-order valence-electron chi connectivity index (χ1n) is 28.6. The normalized spacial score (nSPS) is 19.7. The monoisotopic (exact) mass is 1270 g/mol. The number of ether oxygens (including phenoxy) is 4. The van der Waals surface area contributed by atoms with Crippen molar-refractivity contribution in [3.63, 3.8) is 0 Å². The Morgan fingerprint density at radius 3 is 1.84 bits per heavy atom. The van der Waals surface area contributed by atoms with Crippen molar-refractivity contribution in [1.29, 1.82) is 0 Å². The molecule has 1 saturated heterocycles. The summed E-state index contributed by atoms with van der Waals surface area (Å²) in [6, 6.07) is 22.5. The van der Waals surface area contributed by atoms with Gasteiger partial charge in [-0.3, -0.25) is 42.7 Å². The SMILES string of the molecule is COc1cc2c(cc1OCc1cc(COc3cc4c(cc3OC)C(=O)N3c5ccccc5C[C@H]3C(S(=O)(=O)O)N4)cc(NC(=O)[C@H](C)NC(=O)[C@H](C)NC(=O)CCCCC(=O)NCCN3C(=O)C(S(=O)(=O)O)CC3O)c1)NC[C@@H]1Cc3ccccc3N1C2=O. The summed E-state index contributed by atoms with van der Waals surface area (Å²) in [6.45, 7) is 2.70. The van der Waals surface area contributed by atoms with E-state index in [1.807, 2.05) is 24.3 Å². The van der Waals surface area contributed by atoms with Gasteiger partial charge in [0.15, 0.2) is 33.6 Å². The highest BCUT2D eigenvalue weighted by Crippen LogP contribution is 2.44. The lowest BCUT2D eigenvalue weighted by atomic mass is 10.1. The summed E-state index contributed by atoms with van der Waals surface area (Å²) in [7, 11) is -6.69. The van der Waals surface area contributed by atoms with E-state index in [9.17, 15) is 64.6 Å². The molecule has 29 heteroatoms. The van der Waals surface area contributed by atoms with Crippen molar-refractivity contribution < 1.29 is 83.6 Å². The van der Waals surface area contributed by atoms with Gasteiger partial charge in [-0.25, -0.2) is 0 Å². The first-order valence-corrected chi connectivity index (χ1v) is 31.7. The minimum Gasteiger partial charge on any atom is -0.493 e. The molecule has 0 aliphatic carbocycles. The lowest BCUT2D eigenvalue weighted by molar-refractivity contribution is -0.133. The van der Waals surface area contributed by atoms with Gasteiger partial charge in [-0.1, -0.05) is 36.4 Å². The van der Waals surface area contributed by atoms with E-state index in [-0.39, 0.29) is 105 Å². The molecule has 7 atom stereocenters. The zero-order valence-electron chi connectivity index (χ0n) is 48.8. The molecule has 5 aliphatic heterocycles. The molecule has 0 saturated carbocycles. The van der Waals surface area contributed by atoms with E-state index >= 15 is 0 Å². The van der Waals surface area contributed by atoms with Crippen molar-refractivity contribution in [2.24, 2.45) is 0 Å². The molecule has 5 aromatic rings. The lowest BCUT2D eigenvalue weighted by Gasteiger charge is -2.27. The van der Waals surface area contributed by atoms with Gasteiger partial charge < -0.3 is 70.7 Å². The second-order valence-corrected chi connectivity index (χ2v) is 25.4. The van der Waals surface area contributed by atoms with Crippen LogP contribution in [0.3, 0.4) is 0 Å². The van der Waals surface area contributed by atoms with Gasteiger partial charge >= 0.3 is 0 Å². The van der Waals surface area contributed by atoms with E-state index in [1.54, 1.807) is 59.5 Å². The number of carbonyl (C=O) groups excluding carboxylic acids is 7. The van der Waals surface area contributed by atoms with Crippen molar-refractivity contribution in [2.45, 2.75) is 113 Å². The van der Waals surface area contributed by atoms with E-state index in [1.165, 1.54) is 45.1 Å². The fourth-order valence-corrected chi connectivity index (χ4v) is 13.4. The lowest BCUT2D eigenvalue weighted by Crippen LogP contribution is -2.50. The van der Waals surface area contributed by atoms with Gasteiger partial charge in [-0.15, -0.1) is 0 Å². The number of unbranched alkanes of at least 4 members (excludes halogenated alkanes) is 1. The smallest absolute Gasteiger partial charge is 0.288 e. The van der Waals surface area contributed by atoms with E-state index in [0.717, 1.165) is 21.7 Å². The minimum atomic E-state index is -4.81. The van der Waals surface area contributed by atoms with Crippen molar-refractivity contribution >= 4 is 90.0 Å². The number of rotatable bonds is 23. The van der Waals surface area contributed by atoms with Crippen LogP contribution in [0.15, 0.2) is 91.0 Å². The van der Waals surface area contributed by atoms with E-state index in [4.69, 9.17) is 18.9 Å². The Labute approximate surface area is 512 Å². The van der Waals surface area contributed by atoms with Gasteiger partial charge in [-0.2, -0.15) is 16.8 Å². The van der Waals surface area contributed by atoms with Gasteiger partial charge in [0.2, 0.25) is 29.5 Å². The van der Waals surface area contributed by atoms with Gasteiger partial charge in [-0.05, 0) is 104 Å². The predicted octanol–water partition coefficient (Wildman–Crippen LogP) is 3.50. The first kappa shape index (κ1) is 63.0. The second kappa shape index (κ2) is 26.0. The highest BCUT2D eigenvalue weighted by molar-refractivity contribution is 7.87. The number of nitrogens with one attached hydrogen (secondary N) is 6. The molecule has 9 N–H and O–H groups in total. The van der Waals surface area contributed by atoms with Gasteiger partial charge in [0.1, 0.15) is 31.5 Å². The second-order valence-electron chi connectivity index (χ2n) is 22.2. The zero-order chi connectivity index (χ0) is 63.6. The number of aliphatic hydroxyl groups is 1. The third kappa shape index (κ3) is 13.7. The molecule has 10 rings (SSSR count). The van der Waals surface area contributed by atoms with Gasteiger partial charge in [0, 0.05) is 68.1 Å². The number of nitrogens with zero attached hydrogens (tertiary/aromatic N) is 3. The topological polar surface area (TPSA) is 367 Å². The first-order chi connectivity index (χ1) is 42.4. The summed E-state index contributed by atoms with van der Waals surface area (Å²) in [5.41, 5.74) is 5.37. The van der Waals surface area contributed by atoms with Crippen molar-refractivity contribution in [2.75, 3.05) is 59.6 Å². The molecule has 27 nitrogen and oxygen atoms in total. The Bertz CT molecular complexity index is 3890. The summed E-state index contributed by atoms with van der Waals surface area (Å²) < 4.78 is 93.0. The zero-order valence-corrected chi connectivity index (χ0v) is 50.4. The summed E-state index contributed by atoms with van der Waals surface area (Å²) in [5, 5.41) is 23.5. The average molecular weight is 1270 g/mol. The Kier molecular flexibility index (Phi) is 18.4. The Hall–Kier alpha value is -9.03. The minimum absolute atomic E-state index is 0.00691. The molecule has 89 heavy (non-hydrogen) atoms. The standard InChI is InChI=1S/C60H67N9O18S2/c1-32(63-53(71)16-10-9-15-52(70)61-17-18-67-54(72)28-51(60(67)77)88(78,79)80)55(73)64-33(2)56(74)65-38-20-34(30-86-49-26-42-40(24-47(49)84-3)58(75)68-39(29-62-42)22-36-11-5-7-13-44(36)68)19-35(21-38)31-87-50-27-43-41(25-48(50)85-4)59(76)69-45-14-8-6-12-37(45)23-46(69)57(66-43)89(81,82)83/h5-8,11-14,19-21,24-27,32-33,39,46,51,54,57,62,66,72H,9-10,15-18,22-23,28-31H2,1-4H3,(H,61,70)(H,63,71)(H,64,73)(H,65,74)(H,78,79,80)(H,81,82,83)/t32-,33-,39-,46-,51?,54?,57?/m0/s1. The molecule has 0 spiro atoms. The number of carbonyl (C=O) groups is 7. The number of para-hydroxylation sites is 2. The van der Waals surface area contributed by atoms with Gasteiger partial charge in [0.05, 0.1) is 48.8 Å². The maximum Gasteiger partial charge on any atom is 0.288 e. The van der Waals surface area contributed by atoms with Crippen LogP contribution in [0.5, 0.6) is 23.0 Å². The quantitative estimate of drug-likeness (QED) is 0.0334. The summed E-state index contributed by atoms with van der Waals surface area (Å²) in [4.78, 5) is 97.3. The highest BCUT2D eigenvalue weighted by Gasteiger charge is 2.48. The molecule has 0 radical (unpaired) electrons. The van der Waals surface area contributed by atoms with Crippen LogP contribution in [0.4, 0.5) is 28.4 Å². The van der Waals surface area contributed by atoms with E-state index < -0.39 is 97.1 Å². The fraction of sp³-hybridized carbons (Fsp3) is 0.383. The predicted molar refractivity (Wildman–Crippen MR) is 323 cm³/mol. The molecular weight excluding hydrogens is 1200 g/mol. The number of hydrogen-bond donors (Lipinski definition) is 9. The molecule has 0 bridgehead atoms. The summed E-state index contributed by atoms with van der Waals surface area (Å²) in [5.74, 6) is -3.23. The van der Waals surface area contributed by atoms with Crippen LogP contribution < -0.4 is 60.6 Å². The Morgan fingerprint density at radius 1 is 0.674 bits per heavy atom. The molecule has 3 unspecified atom stereocenters. The Morgan fingerprint density at radius 2 is 1.24 bits per heavy atom. The number of fused-ring (bicyclic) bond motifs is 8. The maximum atomic E-state index is 14.4. The van der Waals surface area contributed by atoms with Crippen molar-refractivity contribution in [3.8, 4) is 23.0 Å². The van der Waals surface area contributed by atoms with Crippen LogP contribution >= 0.6 is 0 Å². The van der Waals surface area contributed by atoms with Crippen LogP contribution in [0.25, 0.3) is 0 Å².